The van der Waals surface area contributed by atoms with E-state index in [1.165, 1.54) is 24.3 Å². The maximum Gasteiger partial charge on any atom is 0.303 e. The van der Waals surface area contributed by atoms with Gasteiger partial charge < -0.3 is 100 Å². The van der Waals surface area contributed by atoms with Crippen LogP contribution in [0.4, 0.5) is 0 Å². The number of primary amides is 1. The number of allylic oxidation sites excluding steroid dienone is 5. The van der Waals surface area contributed by atoms with Crippen LogP contribution in [0.3, 0.4) is 0 Å². The predicted molar refractivity (Wildman–Crippen MR) is 506 cm³/mol. The summed E-state index contributed by atoms with van der Waals surface area (Å²) < 4.78 is 0. The number of benzene rings is 3. The van der Waals surface area contributed by atoms with E-state index in [2.05, 4.69) is 104 Å². The molecule has 10 atom stereocenters. The average molecular weight is 1820 g/mol. The van der Waals surface area contributed by atoms with Gasteiger partial charge in [0.05, 0.1) is 42.7 Å². The molecule has 3 aromatic carbocycles. The number of carboxylic acids is 1. The third-order valence-electron chi connectivity index (χ3n) is 24.5. The van der Waals surface area contributed by atoms with Crippen LogP contribution in [0.2, 0.25) is 0 Å². The number of aromatic amines is 3. The average Bonchev–Trinajstić information content (AvgIpc) is 1.62. The number of nitrogens with one attached hydrogen (secondary N) is 16. The van der Waals surface area contributed by atoms with E-state index in [0.717, 1.165) is 77.7 Å². The highest BCUT2D eigenvalue weighted by Crippen LogP contribution is 2.39. The number of fused-ring (bicyclic) bond motifs is 9. The number of para-hydroxylation sites is 1. The number of hydrogen-bond acceptors (Lipinski definition) is 18. The number of unbranched alkanes of at least 4 members (excludes halogenated alkanes) is 1. The number of hydrogen-bond donors (Lipinski definition) is 21. The molecule has 704 valence electrons. The van der Waals surface area contributed by atoms with Crippen LogP contribution < -0.4 is 75.3 Å². The number of aromatic hydroxyl groups is 1. The Morgan fingerprint density at radius 3 is 1.83 bits per heavy atom. The van der Waals surface area contributed by atoms with Crippen LogP contribution in [-0.4, -0.2) is 205 Å². The second kappa shape index (κ2) is 46.4. The number of Topliss-reactive ketones (excluding diaryl/α,β-unsaturated/α-hetero) is 1. The number of carbonyl (C=O) groups is 13. The number of aliphatic hydroxyl groups is 1. The lowest BCUT2D eigenvalue weighted by molar-refractivity contribution is -0.137. The molecule has 4 aromatic heterocycles. The molecule has 3 aliphatic heterocycles. The van der Waals surface area contributed by atoms with Crippen LogP contribution in [0, 0.1) is 25.2 Å². The van der Waals surface area contributed by atoms with Gasteiger partial charge in [-0.2, -0.15) is 0 Å². The molecule has 7 aromatic rings. The zero-order valence-corrected chi connectivity index (χ0v) is 75.7. The lowest BCUT2D eigenvalue weighted by atomic mass is 9.97. The third-order valence-corrected chi connectivity index (χ3v) is 24.5. The quantitative estimate of drug-likeness (QED) is 0.0120. The number of aryl methyl sites for hydroxylation is 3. The molecule has 2 unspecified atom stereocenters. The Kier molecular flexibility index (Phi) is 34.7. The monoisotopic (exact) mass is 1820 g/mol. The van der Waals surface area contributed by atoms with Crippen molar-refractivity contribution in [3.63, 3.8) is 0 Å². The van der Waals surface area contributed by atoms with Gasteiger partial charge in [0.25, 0.3) is 0 Å². The van der Waals surface area contributed by atoms with Gasteiger partial charge in [-0.1, -0.05) is 99.8 Å². The number of aliphatic hydroxyl groups excluding tert-OH is 1. The molecular formula is C98H121N19O16. The maximum absolute atomic E-state index is 15.4. The minimum Gasteiger partial charge on any atom is -0.508 e. The molecular weight excluding hydrogens is 1700 g/mol. The number of ketones is 1. The number of aliphatic carboxylic acids is 1. The van der Waals surface area contributed by atoms with Gasteiger partial charge >= 0.3 is 5.97 Å². The number of aromatic nitrogens is 4. The van der Waals surface area contributed by atoms with Crippen molar-refractivity contribution in [1.82, 2.24) is 83.7 Å². The summed E-state index contributed by atoms with van der Waals surface area (Å²) in [6.45, 7) is 18.6. The van der Waals surface area contributed by atoms with Gasteiger partial charge in [0.15, 0.2) is 11.7 Å². The van der Waals surface area contributed by atoms with Crippen LogP contribution in [-0.2, 0) is 88.0 Å². The Morgan fingerprint density at radius 1 is 0.556 bits per heavy atom. The number of H-pyrrole nitrogens is 3. The molecule has 35 nitrogen and oxygen atoms in total. The number of phenols is 1. The normalized spacial score (nSPS) is 16.2. The van der Waals surface area contributed by atoms with Gasteiger partial charge in [-0.25, -0.2) is 4.98 Å². The van der Waals surface area contributed by atoms with Crippen molar-refractivity contribution in [2.24, 2.45) is 17.4 Å². The number of nitrogens with zero attached hydrogens (tertiary/aromatic N) is 1. The zero-order chi connectivity index (χ0) is 95.9. The van der Waals surface area contributed by atoms with Crippen LogP contribution in [0.25, 0.3) is 61.3 Å². The number of phenolic OH excluding ortho intramolecular Hbond substituents is 1. The van der Waals surface area contributed by atoms with Gasteiger partial charge in [-0.05, 0) is 226 Å². The Hall–Kier alpha value is -14.3. The fourth-order valence-corrected chi connectivity index (χ4v) is 17.2. The van der Waals surface area contributed by atoms with E-state index >= 15 is 14.4 Å². The van der Waals surface area contributed by atoms with E-state index in [1.807, 2.05) is 58.0 Å². The summed E-state index contributed by atoms with van der Waals surface area (Å²) in [5, 5.41) is 72.9. The second-order valence-electron chi connectivity index (χ2n) is 34.6. The van der Waals surface area contributed by atoms with E-state index in [-0.39, 0.29) is 145 Å². The molecule has 0 saturated carbocycles. The molecule has 1 aliphatic carbocycles. The van der Waals surface area contributed by atoms with E-state index < -0.39 is 138 Å². The molecule has 7 heterocycles. The van der Waals surface area contributed by atoms with E-state index in [1.54, 1.807) is 74.6 Å². The number of amides is 11. The first-order valence-corrected chi connectivity index (χ1v) is 45.0. The number of carbonyl (C=O) groups excluding carboxylic acids is 12. The van der Waals surface area contributed by atoms with E-state index in [0.29, 0.717) is 51.8 Å². The lowest BCUT2D eigenvalue weighted by Crippen LogP contribution is -2.61. The third kappa shape index (κ3) is 26.7. The molecule has 35 heteroatoms. The smallest absolute Gasteiger partial charge is 0.303 e. The molecule has 11 amide bonds. The molecule has 8 bridgehead atoms. The van der Waals surface area contributed by atoms with Gasteiger partial charge in [0.1, 0.15) is 48.0 Å². The lowest BCUT2D eigenvalue weighted by Gasteiger charge is -2.28. The SMILES string of the molecule is C=CC1=C(C)c2cc1cc1nc(cc3[nH]c(cc4[nH]c(c2)c(C=C)c4C)c(C)c3CCCC(=O)NCCCC[C@H](NC(=O)[C@H](Cc2ccc(O)cc2)NC(=O)[C@H](CO)NC(=O)[C@@H](Cc2c[nH]c3ccccc23)NC(=O)[C@@H](Cc2ccccc2)NC(=O)C2CCC(=O)N2)C(=O)N[C@@H](CC(C)C)C(=O)N[C@@H](CCCNC(=N)N)C(=O)C2CC[C@@H](C(=O)NCC(N)=O)N2)C(CCC(=O)O)=C1C. The van der Waals surface area contributed by atoms with Crippen molar-refractivity contribution >= 4 is 144 Å². The minimum atomic E-state index is -1.85. The summed E-state index contributed by atoms with van der Waals surface area (Å²) in [4.78, 5) is 198. The summed E-state index contributed by atoms with van der Waals surface area (Å²) in [5.74, 6) is -10.5. The van der Waals surface area contributed by atoms with Crippen molar-refractivity contribution in [3.8, 4) is 5.75 Å². The maximum atomic E-state index is 15.4. The van der Waals surface area contributed by atoms with Crippen molar-refractivity contribution in [2.75, 3.05) is 26.2 Å². The van der Waals surface area contributed by atoms with Gasteiger partial charge in [-0.3, -0.25) is 73.1 Å². The van der Waals surface area contributed by atoms with Crippen molar-refractivity contribution < 1.29 is 77.6 Å². The number of guanidine groups is 1. The Labute approximate surface area is 770 Å². The van der Waals surface area contributed by atoms with Crippen molar-refractivity contribution in [2.45, 2.75) is 218 Å². The van der Waals surface area contributed by atoms with Gasteiger partial charge in [0, 0.05) is 96.3 Å². The minimum absolute atomic E-state index is 0.00348. The summed E-state index contributed by atoms with van der Waals surface area (Å²) in [6, 6.07) is 18.4. The molecule has 11 rings (SSSR count). The largest absolute Gasteiger partial charge is 0.508 e. The first-order chi connectivity index (χ1) is 63.6. The number of nitrogens with two attached hydrogens (primary N) is 2. The molecule has 0 radical (unpaired) electrons. The summed E-state index contributed by atoms with van der Waals surface area (Å²) in [6.07, 6.45) is 6.59. The molecule has 23 N–H and O–H groups in total. The second-order valence-corrected chi connectivity index (χ2v) is 34.6. The first kappa shape index (κ1) is 99.2. The molecule has 2 saturated heterocycles. The van der Waals surface area contributed by atoms with Crippen LogP contribution in [0.1, 0.15) is 179 Å². The first-order valence-electron chi connectivity index (χ1n) is 45.0. The van der Waals surface area contributed by atoms with E-state index in [9.17, 15) is 63.3 Å². The standard InChI is InChI=1S/C98H121N19O16/c1-9-63-53(5)59-43-60(63)45-74-56(8)66(32-37-88(123)124)79(107-74)48-78-65(55(7)76(109-78)47-75-54(6)64(10-2)77(44-59)108-75)23-18-27-86(121)102-38-17-16-25-71(91(127)113-80(40-52(3)4)93(129)111-69(26-19-39-103-98(100)101)89(125)70-33-34-72(106-70)90(126)105-50-85(99)120)112-94(130)82(42-58-28-30-62(119)31-29-58)115-97(133)84(51-118)117-96(132)83(46-61-49-104-68-24-15-14-22-67(61)68)116-95(131)81(41-57-20-12-11-13-21-57)114-92(128)73-35-36-87(122)110-73/h9-15,20-22,24,28-31,43-45,47-49,52,69-73,80-84,104,106,108-109,118-119H,1-2,16-19,23,25-27,32-42,46,50-51H2,3-8H3,(H2,99,120)(H,102,121)(H,105,126)(H,110,122)(H,111,129)(H,112,130)(H,113,127)(H,114,128)(H,115,133)(H,116,131)(H,117,132)(H,123,124)(H4,100,101,103)/t69-,70?,71-,72-,73?,80-,81+,82-,83+,84-/m0/s1. The van der Waals surface area contributed by atoms with Crippen LogP contribution in [0.15, 0.2) is 135 Å². The topological polar surface area (TPSA) is 563 Å². The molecule has 4 aliphatic rings. The molecule has 2 fully saturated rings. The number of carboxylic acid groups (broad SMARTS) is 1. The van der Waals surface area contributed by atoms with Crippen molar-refractivity contribution in [3.05, 3.63) is 196 Å². The highest BCUT2D eigenvalue weighted by molar-refractivity contribution is 6.03. The molecule has 133 heavy (non-hydrogen) atoms. The fraction of sp³-hybridized carbons (Fsp3) is 0.398. The van der Waals surface area contributed by atoms with Gasteiger partial charge in [0.2, 0.25) is 65.0 Å². The van der Waals surface area contributed by atoms with Gasteiger partial charge in [-0.15, -0.1) is 0 Å². The predicted octanol–water partition coefficient (Wildman–Crippen LogP) is 5.88. The summed E-state index contributed by atoms with van der Waals surface area (Å²) >= 11 is 0. The Balaban J connectivity index is 0.849. The van der Waals surface area contributed by atoms with Crippen LogP contribution in [0.5, 0.6) is 5.75 Å². The number of rotatable bonds is 46. The fourth-order valence-electron chi connectivity index (χ4n) is 17.2. The zero-order valence-electron chi connectivity index (χ0n) is 75.7. The molecule has 0 spiro atoms. The summed E-state index contributed by atoms with van der Waals surface area (Å²) in [5.41, 5.74) is 26.7. The van der Waals surface area contributed by atoms with Crippen molar-refractivity contribution in [1.29, 1.82) is 5.41 Å². The Bertz CT molecular complexity index is 5830. The Morgan fingerprint density at radius 2 is 1.17 bits per heavy atom. The highest BCUT2D eigenvalue weighted by atomic mass is 16.4. The van der Waals surface area contributed by atoms with Crippen LogP contribution >= 0.6 is 0 Å². The highest BCUT2D eigenvalue weighted by Gasteiger charge is 2.40. The summed E-state index contributed by atoms with van der Waals surface area (Å²) in [7, 11) is 0. The van der Waals surface area contributed by atoms with E-state index in [4.69, 9.17) is 21.9 Å².